The van der Waals surface area contributed by atoms with E-state index in [1.165, 1.54) is 6.92 Å². The van der Waals surface area contributed by atoms with Gasteiger partial charge in [0.05, 0.1) is 5.69 Å². The largest absolute Gasteiger partial charge is 0.326 e. The van der Waals surface area contributed by atoms with Crippen LogP contribution in [0, 0.1) is 0 Å². The highest BCUT2D eigenvalue weighted by molar-refractivity contribution is 6.03. The first-order chi connectivity index (χ1) is 11.6. The van der Waals surface area contributed by atoms with Crippen molar-refractivity contribution in [3.05, 3.63) is 66.4 Å². The van der Waals surface area contributed by atoms with Gasteiger partial charge in [-0.05, 0) is 30.3 Å². The topological polar surface area (TPSA) is 86.9 Å². The lowest BCUT2D eigenvalue weighted by Gasteiger charge is -2.05. The molecule has 0 radical (unpaired) electrons. The maximum absolute atomic E-state index is 12.3. The third-order valence-electron chi connectivity index (χ3n) is 3.36. The molecule has 0 fully saturated rings. The molecule has 3 N–H and O–H groups in total. The molecule has 120 valence electrons. The lowest BCUT2D eigenvalue weighted by molar-refractivity contribution is -0.114. The molecule has 3 aromatic rings. The zero-order valence-corrected chi connectivity index (χ0v) is 13.0. The maximum atomic E-state index is 12.3. The van der Waals surface area contributed by atoms with E-state index in [0.717, 1.165) is 5.56 Å². The van der Waals surface area contributed by atoms with Gasteiger partial charge in [0.1, 0.15) is 5.69 Å². The minimum absolute atomic E-state index is 0.141. The summed E-state index contributed by atoms with van der Waals surface area (Å²) < 4.78 is 0. The van der Waals surface area contributed by atoms with Crippen LogP contribution in [0.25, 0.3) is 11.3 Å². The molecule has 0 saturated carbocycles. The van der Waals surface area contributed by atoms with Gasteiger partial charge in [-0.1, -0.05) is 30.3 Å². The van der Waals surface area contributed by atoms with E-state index in [2.05, 4.69) is 20.8 Å². The highest BCUT2D eigenvalue weighted by Crippen LogP contribution is 2.18. The molecular formula is C18H16N4O2. The number of carbonyl (C=O) groups is 2. The average Bonchev–Trinajstić information content (AvgIpc) is 3.07. The van der Waals surface area contributed by atoms with Gasteiger partial charge in [-0.3, -0.25) is 14.7 Å². The van der Waals surface area contributed by atoms with E-state index in [1.807, 2.05) is 30.3 Å². The molecule has 24 heavy (non-hydrogen) atoms. The Bertz CT molecular complexity index is 854. The fourth-order valence-corrected chi connectivity index (χ4v) is 2.23. The van der Waals surface area contributed by atoms with Crippen molar-refractivity contribution in [1.29, 1.82) is 0 Å². The lowest BCUT2D eigenvalue weighted by atomic mass is 10.1. The molecular weight excluding hydrogens is 304 g/mol. The van der Waals surface area contributed by atoms with Gasteiger partial charge in [-0.25, -0.2) is 0 Å². The van der Waals surface area contributed by atoms with Gasteiger partial charge in [-0.2, -0.15) is 5.10 Å². The number of hydrogen-bond donors (Lipinski definition) is 3. The predicted octanol–water partition coefficient (Wildman–Crippen LogP) is 3.29. The third-order valence-corrected chi connectivity index (χ3v) is 3.36. The Labute approximate surface area is 138 Å². The summed E-state index contributed by atoms with van der Waals surface area (Å²) in [6.45, 7) is 1.44. The molecule has 0 saturated heterocycles. The van der Waals surface area contributed by atoms with Crippen LogP contribution in [0.1, 0.15) is 17.4 Å². The molecule has 0 aliphatic carbocycles. The van der Waals surface area contributed by atoms with Crippen LogP contribution in [-0.4, -0.2) is 22.0 Å². The van der Waals surface area contributed by atoms with E-state index < -0.39 is 0 Å². The van der Waals surface area contributed by atoms with Crippen molar-refractivity contribution in [3.8, 4) is 11.3 Å². The number of aromatic amines is 1. The first-order valence-electron chi connectivity index (χ1n) is 7.41. The van der Waals surface area contributed by atoms with Crippen molar-refractivity contribution < 1.29 is 9.59 Å². The van der Waals surface area contributed by atoms with Crippen molar-refractivity contribution in [1.82, 2.24) is 10.2 Å². The van der Waals surface area contributed by atoms with Crippen molar-refractivity contribution in [2.75, 3.05) is 10.6 Å². The number of carbonyl (C=O) groups excluding carboxylic acids is 2. The van der Waals surface area contributed by atoms with E-state index in [-0.39, 0.29) is 11.8 Å². The average molecular weight is 320 g/mol. The zero-order valence-electron chi connectivity index (χ0n) is 13.0. The smallest absolute Gasteiger partial charge is 0.273 e. The number of amides is 2. The third kappa shape index (κ3) is 3.67. The van der Waals surface area contributed by atoms with Crippen molar-refractivity contribution in [2.24, 2.45) is 0 Å². The quantitative estimate of drug-likeness (QED) is 0.689. The van der Waals surface area contributed by atoms with Crippen molar-refractivity contribution >= 4 is 23.2 Å². The number of anilines is 2. The second kappa shape index (κ2) is 6.78. The molecule has 1 heterocycles. The van der Waals surface area contributed by atoms with Gasteiger partial charge in [0.2, 0.25) is 5.91 Å². The maximum Gasteiger partial charge on any atom is 0.273 e. The molecule has 2 amide bonds. The van der Waals surface area contributed by atoms with Crippen LogP contribution in [0.15, 0.2) is 60.7 Å². The van der Waals surface area contributed by atoms with Crippen LogP contribution in [0.5, 0.6) is 0 Å². The second-order valence-corrected chi connectivity index (χ2v) is 5.25. The minimum atomic E-state index is -0.281. The number of H-pyrrole nitrogens is 1. The molecule has 6 heteroatoms. The molecule has 0 bridgehead atoms. The normalized spacial score (nSPS) is 10.2. The van der Waals surface area contributed by atoms with Crippen LogP contribution in [-0.2, 0) is 4.79 Å². The van der Waals surface area contributed by atoms with Crippen LogP contribution >= 0.6 is 0 Å². The van der Waals surface area contributed by atoms with Crippen LogP contribution < -0.4 is 10.6 Å². The van der Waals surface area contributed by atoms with Gasteiger partial charge >= 0.3 is 0 Å². The Balaban J connectivity index is 1.69. The summed E-state index contributed by atoms with van der Waals surface area (Å²) in [6.07, 6.45) is 0. The molecule has 0 unspecified atom stereocenters. The molecule has 6 nitrogen and oxygen atoms in total. The molecule has 0 spiro atoms. The summed E-state index contributed by atoms with van der Waals surface area (Å²) in [4.78, 5) is 23.3. The minimum Gasteiger partial charge on any atom is -0.326 e. The summed E-state index contributed by atoms with van der Waals surface area (Å²) in [5, 5.41) is 12.4. The number of aromatic nitrogens is 2. The van der Waals surface area contributed by atoms with Gasteiger partial charge in [0.25, 0.3) is 5.91 Å². The first-order valence-corrected chi connectivity index (χ1v) is 7.41. The van der Waals surface area contributed by atoms with Gasteiger partial charge < -0.3 is 10.6 Å². The molecule has 2 aromatic carbocycles. The Hall–Kier alpha value is -3.41. The monoisotopic (exact) mass is 320 g/mol. The van der Waals surface area contributed by atoms with Crippen molar-refractivity contribution in [3.63, 3.8) is 0 Å². The lowest BCUT2D eigenvalue weighted by Crippen LogP contribution is -2.12. The van der Waals surface area contributed by atoms with Gasteiger partial charge in [-0.15, -0.1) is 0 Å². The summed E-state index contributed by atoms with van der Waals surface area (Å²) >= 11 is 0. The van der Waals surface area contributed by atoms with Crippen LogP contribution in [0.3, 0.4) is 0 Å². The number of benzene rings is 2. The highest BCUT2D eigenvalue weighted by Gasteiger charge is 2.11. The molecule has 0 aliphatic rings. The number of nitrogens with zero attached hydrogens (tertiary/aromatic N) is 1. The fourth-order valence-electron chi connectivity index (χ4n) is 2.23. The van der Waals surface area contributed by atoms with E-state index >= 15 is 0 Å². The summed E-state index contributed by atoms with van der Waals surface area (Å²) in [5.41, 5.74) is 3.33. The highest BCUT2D eigenvalue weighted by atomic mass is 16.2. The fraction of sp³-hybridized carbons (Fsp3) is 0.0556. The Morgan fingerprint density at radius 1 is 0.917 bits per heavy atom. The molecule has 3 rings (SSSR count). The first kappa shape index (κ1) is 15.5. The number of hydrogen-bond acceptors (Lipinski definition) is 3. The van der Waals surface area contributed by atoms with Crippen LogP contribution in [0.4, 0.5) is 11.4 Å². The SMILES string of the molecule is CC(=O)Nc1ccc(NC(=O)c2cc(-c3ccccc3)n[nH]2)cc1. The standard InChI is InChI=1S/C18H16N4O2/c1-12(23)19-14-7-9-15(10-8-14)20-18(24)17-11-16(21-22-17)13-5-3-2-4-6-13/h2-11H,1H3,(H,19,23)(H,20,24)(H,21,22). The molecule has 1 aromatic heterocycles. The van der Waals surface area contributed by atoms with E-state index in [9.17, 15) is 9.59 Å². The summed E-state index contributed by atoms with van der Waals surface area (Å²) in [5.74, 6) is -0.422. The van der Waals surface area contributed by atoms with Gasteiger partial charge in [0.15, 0.2) is 0 Å². The number of rotatable bonds is 4. The summed E-state index contributed by atoms with van der Waals surface area (Å²) in [7, 11) is 0. The van der Waals surface area contributed by atoms with Crippen molar-refractivity contribution in [2.45, 2.75) is 6.92 Å². The molecule has 0 atom stereocenters. The Morgan fingerprint density at radius 3 is 2.17 bits per heavy atom. The van der Waals surface area contributed by atoms with E-state index in [1.54, 1.807) is 30.3 Å². The predicted molar refractivity (Wildman–Crippen MR) is 92.7 cm³/mol. The van der Waals surface area contributed by atoms with E-state index in [0.29, 0.717) is 22.8 Å². The van der Waals surface area contributed by atoms with E-state index in [4.69, 9.17) is 0 Å². The Kier molecular flexibility index (Phi) is 4.38. The zero-order chi connectivity index (χ0) is 16.9. The number of nitrogens with one attached hydrogen (secondary N) is 3. The second-order valence-electron chi connectivity index (χ2n) is 5.25. The van der Waals surface area contributed by atoms with Crippen LogP contribution in [0.2, 0.25) is 0 Å². The van der Waals surface area contributed by atoms with Gasteiger partial charge in [0, 0.05) is 23.9 Å². The molecule has 0 aliphatic heterocycles. The summed E-state index contributed by atoms with van der Waals surface area (Å²) in [6, 6.07) is 18.2. The Morgan fingerprint density at radius 2 is 1.54 bits per heavy atom.